The summed E-state index contributed by atoms with van der Waals surface area (Å²) in [5.74, 6) is 0.125. The van der Waals surface area contributed by atoms with E-state index in [0.717, 1.165) is 84.7 Å². The van der Waals surface area contributed by atoms with Gasteiger partial charge in [0.05, 0.1) is 30.1 Å². The Morgan fingerprint density at radius 1 is 1.18 bits per heavy atom. The molecule has 2 aromatic carbocycles. The van der Waals surface area contributed by atoms with Crippen LogP contribution in [0.2, 0.25) is 0 Å². The third kappa shape index (κ3) is 6.30. The van der Waals surface area contributed by atoms with Crippen LogP contribution < -0.4 is 19.9 Å². The molecule has 0 radical (unpaired) electrons. The number of nitrogens with one attached hydrogen (secondary N) is 1. The molecule has 0 spiro atoms. The first-order chi connectivity index (χ1) is 21.2. The van der Waals surface area contributed by atoms with Crippen molar-refractivity contribution in [2.24, 2.45) is 5.41 Å². The number of benzene rings is 2. The van der Waals surface area contributed by atoms with Crippen LogP contribution in [-0.4, -0.2) is 84.4 Å². The summed E-state index contributed by atoms with van der Waals surface area (Å²) in [7, 11) is 2.14. The smallest absolute Gasteiger partial charge is 0.318 e. The number of hydrogen-bond donors (Lipinski definition) is 2. The third-order valence-electron chi connectivity index (χ3n) is 9.46. The summed E-state index contributed by atoms with van der Waals surface area (Å²) in [6.07, 6.45) is 3.96. The van der Waals surface area contributed by atoms with E-state index in [-0.39, 0.29) is 6.04 Å². The summed E-state index contributed by atoms with van der Waals surface area (Å²) < 4.78 is 6.31. The van der Waals surface area contributed by atoms with Gasteiger partial charge in [0.15, 0.2) is 0 Å². The number of carboxylic acids is 1. The third-order valence-corrected chi connectivity index (χ3v) is 9.46. The van der Waals surface area contributed by atoms with Crippen molar-refractivity contribution in [2.45, 2.75) is 64.6 Å². The van der Waals surface area contributed by atoms with Gasteiger partial charge in [0.1, 0.15) is 12.4 Å². The van der Waals surface area contributed by atoms with Crippen LogP contribution >= 0.6 is 0 Å². The molecule has 3 aliphatic heterocycles. The van der Waals surface area contributed by atoms with E-state index in [0.29, 0.717) is 38.0 Å². The van der Waals surface area contributed by atoms with E-state index in [1.807, 2.05) is 6.07 Å². The maximum atomic E-state index is 12.0. The highest BCUT2D eigenvalue weighted by atomic mass is 16.5. The molecular weight excluding hydrogens is 554 g/mol. The minimum atomic E-state index is -0.872. The number of nitriles is 1. The lowest BCUT2D eigenvalue weighted by molar-refractivity contribution is -0.146. The van der Waals surface area contributed by atoms with Gasteiger partial charge in [-0.25, -0.2) is 0 Å². The molecule has 232 valence electrons. The van der Waals surface area contributed by atoms with E-state index in [4.69, 9.17) is 14.7 Å². The molecule has 10 heteroatoms. The SMILES string of the molecule is CN1CCC[C@@H]1COc1nc2c(c(N3CCNC(CC#N)C3)n1)CCN(c1cc(CC(C)(C)C(=O)O)cc3ccccc13)C2. The standard InChI is InChI=1S/C34H43N7O3/c1-34(2,32(42)43)19-23-17-24-7-4-5-9-27(24)30(18-23)40-15-11-28-29(21-40)37-33(44-22-26-8-6-14-39(26)3)38-31(28)41-16-13-36-25(20-41)10-12-35/h4-5,7,9,17-18,25-26,36H,6,8,10-11,13-16,19-22H2,1-3H3,(H,42,43)/t25?,26-/m1/s1. The Kier molecular flexibility index (Phi) is 8.61. The highest BCUT2D eigenvalue weighted by molar-refractivity contribution is 5.95. The molecule has 3 aliphatic rings. The number of ether oxygens (including phenoxy) is 1. The molecule has 2 saturated heterocycles. The van der Waals surface area contributed by atoms with Gasteiger partial charge >= 0.3 is 12.0 Å². The maximum absolute atomic E-state index is 12.0. The number of nitrogens with zero attached hydrogens (tertiary/aromatic N) is 6. The fourth-order valence-corrected chi connectivity index (χ4v) is 6.85. The van der Waals surface area contributed by atoms with Gasteiger partial charge < -0.3 is 29.9 Å². The number of carboxylic acid groups (broad SMARTS) is 1. The van der Waals surface area contributed by atoms with Crippen LogP contribution in [-0.2, 0) is 24.2 Å². The molecular formula is C34H43N7O3. The van der Waals surface area contributed by atoms with Gasteiger partial charge in [-0.1, -0.05) is 30.3 Å². The van der Waals surface area contributed by atoms with Crippen molar-refractivity contribution >= 4 is 28.2 Å². The van der Waals surface area contributed by atoms with Crippen LogP contribution in [0.1, 0.15) is 49.9 Å². The number of anilines is 2. The summed E-state index contributed by atoms with van der Waals surface area (Å²) >= 11 is 0. The van der Waals surface area contributed by atoms with Gasteiger partial charge in [-0.2, -0.15) is 15.2 Å². The van der Waals surface area contributed by atoms with Crippen LogP contribution in [0.25, 0.3) is 10.8 Å². The molecule has 0 aliphatic carbocycles. The average molecular weight is 598 g/mol. The summed E-state index contributed by atoms with van der Waals surface area (Å²) in [6, 6.07) is 15.8. The summed E-state index contributed by atoms with van der Waals surface area (Å²) in [6.45, 7) is 8.92. The van der Waals surface area contributed by atoms with E-state index in [1.165, 1.54) is 6.42 Å². The number of aliphatic carboxylic acids is 1. The molecule has 0 saturated carbocycles. The molecule has 44 heavy (non-hydrogen) atoms. The van der Waals surface area contributed by atoms with E-state index >= 15 is 0 Å². The normalized spacial score (nSPS) is 20.9. The van der Waals surface area contributed by atoms with Crippen LogP contribution in [0, 0.1) is 16.7 Å². The molecule has 1 unspecified atom stereocenters. The number of rotatable bonds is 9. The van der Waals surface area contributed by atoms with Crippen molar-refractivity contribution in [2.75, 3.05) is 56.2 Å². The number of aromatic nitrogens is 2. The Balaban J connectivity index is 1.35. The monoisotopic (exact) mass is 597 g/mol. The number of carbonyl (C=O) groups is 1. The van der Waals surface area contributed by atoms with Gasteiger partial charge in [0.2, 0.25) is 0 Å². The summed E-state index contributed by atoms with van der Waals surface area (Å²) in [5, 5.41) is 24.9. The van der Waals surface area contributed by atoms with Crippen LogP contribution in [0.15, 0.2) is 36.4 Å². The molecule has 0 amide bonds. The second kappa shape index (κ2) is 12.6. The Labute approximate surface area is 259 Å². The first-order valence-corrected chi connectivity index (χ1v) is 15.8. The molecule has 4 heterocycles. The highest BCUT2D eigenvalue weighted by Crippen LogP contribution is 2.36. The zero-order chi connectivity index (χ0) is 30.8. The van der Waals surface area contributed by atoms with E-state index in [9.17, 15) is 15.2 Å². The van der Waals surface area contributed by atoms with Crippen molar-refractivity contribution in [3.05, 3.63) is 53.2 Å². The highest BCUT2D eigenvalue weighted by Gasteiger charge is 2.31. The van der Waals surface area contributed by atoms with Crippen molar-refractivity contribution in [3.8, 4) is 12.1 Å². The van der Waals surface area contributed by atoms with E-state index in [2.05, 4.69) is 63.5 Å². The van der Waals surface area contributed by atoms with E-state index in [1.54, 1.807) is 13.8 Å². The summed E-state index contributed by atoms with van der Waals surface area (Å²) in [4.78, 5) is 29.0. The molecule has 3 aromatic rings. The Hall–Kier alpha value is -3.94. The topological polar surface area (TPSA) is 118 Å². The second-order valence-electron chi connectivity index (χ2n) is 13.2. The molecule has 2 N–H and O–H groups in total. The molecule has 2 atom stereocenters. The second-order valence-corrected chi connectivity index (χ2v) is 13.2. The van der Waals surface area contributed by atoms with Crippen molar-refractivity contribution in [1.82, 2.24) is 20.2 Å². The number of hydrogen-bond acceptors (Lipinski definition) is 9. The number of fused-ring (bicyclic) bond motifs is 2. The largest absolute Gasteiger partial charge is 0.481 e. The van der Waals surface area contributed by atoms with Crippen LogP contribution in [0.5, 0.6) is 6.01 Å². The van der Waals surface area contributed by atoms with Gasteiger partial charge in [-0.3, -0.25) is 4.79 Å². The number of piperazine rings is 1. The lowest BCUT2D eigenvalue weighted by atomic mass is 9.85. The van der Waals surface area contributed by atoms with Gasteiger partial charge in [-0.15, -0.1) is 0 Å². The molecule has 0 bridgehead atoms. The zero-order valence-electron chi connectivity index (χ0n) is 26.1. The number of likely N-dealkylation sites (tertiary alicyclic amines) is 1. The minimum absolute atomic E-state index is 0.0973. The van der Waals surface area contributed by atoms with Crippen LogP contribution in [0.3, 0.4) is 0 Å². The molecule has 1 aromatic heterocycles. The zero-order valence-corrected chi connectivity index (χ0v) is 26.1. The first kappa shape index (κ1) is 30.1. The fraction of sp³-hybridized carbons (Fsp3) is 0.529. The van der Waals surface area contributed by atoms with E-state index < -0.39 is 11.4 Å². The Bertz CT molecular complexity index is 1570. The lowest BCUT2D eigenvalue weighted by Crippen LogP contribution is -2.51. The average Bonchev–Trinajstić information content (AvgIpc) is 3.43. The predicted octanol–water partition coefficient (Wildman–Crippen LogP) is 4.01. The quantitative estimate of drug-likeness (QED) is 0.375. The predicted molar refractivity (Wildman–Crippen MR) is 171 cm³/mol. The van der Waals surface area contributed by atoms with Gasteiger partial charge in [0, 0.05) is 54.9 Å². The van der Waals surface area contributed by atoms with Crippen molar-refractivity contribution in [1.29, 1.82) is 5.26 Å². The van der Waals surface area contributed by atoms with Crippen molar-refractivity contribution in [3.63, 3.8) is 0 Å². The maximum Gasteiger partial charge on any atom is 0.318 e. The van der Waals surface area contributed by atoms with Crippen molar-refractivity contribution < 1.29 is 14.6 Å². The Morgan fingerprint density at radius 2 is 2.02 bits per heavy atom. The Morgan fingerprint density at radius 3 is 2.80 bits per heavy atom. The lowest BCUT2D eigenvalue weighted by Gasteiger charge is -2.37. The van der Waals surface area contributed by atoms with Crippen LogP contribution in [0.4, 0.5) is 11.5 Å². The molecule has 10 nitrogen and oxygen atoms in total. The van der Waals surface area contributed by atoms with Gasteiger partial charge in [0.25, 0.3) is 0 Å². The number of likely N-dealkylation sites (N-methyl/N-ethyl adjacent to an activating group) is 1. The fourth-order valence-electron chi connectivity index (χ4n) is 6.85. The molecule has 6 rings (SSSR count). The minimum Gasteiger partial charge on any atom is -0.481 e. The molecule has 2 fully saturated rings. The van der Waals surface area contributed by atoms with Gasteiger partial charge in [-0.05, 0) is 70.1 Å². The first-order valence-electron chi connectivity index (χ1n) is 15.8. The summed E-state index contributed by atoms with van der Waals surface area (Å²) in [5.41, 5.74) is 3.34.